The largest absolute Gasteiger partial charge is 0.394 e. The molecule has 0 aromatic carbocycles. The van der Waals surface area contributed by atoms with E-state index in [1.807, 2.05) is 0 Å². The minimum absolute atomic E-state index is 0.667. The molecule has 11 nitrogen and oxygen atoms in total. The number of ether oxygens (including phenoxy) is 3. The number of hydrogen-bond donors (Lipinski definition) is 8. The maximum atomic E-state index is 9.94. The Bertz CT molecular complexity index is 378. The van der Waals surface area contributed by atoms with Gasteiger partial charge in [0.25, 0.3) is 0 Å². The lowest BCUT2D eigenvalue weighted by Gasteiger charge is -2.45. The van der Waals surface area contributed by atoms with Gasteiger partial charge in [0.15, 0.2) is 12.6 Å². The molecule has 0 radical (unpaired) electrons. The standard InChI is InChI=1S/C12H22O11/c13-1-3-5(15)6(16)9(19)12(22-3)23-10-4(2-14)21-11(20)8(18)7(10)17/h3-20H,1-2H2/t3-,4+,5-,6+,7+,8-,9+,10-,11-,12+/m1/s1. The van der Waals surface area contributed by atoms with Gasteiger partial charge in [-0.1, -0.05) is 0 Å². The van der Waals surface area contributed by atoms with Crippen molar-refractivity contribution in [2.45, 2.75) is 61.4 Å². The molecule has 10 atom stereocenters. The molecule has 2 aliphatic heterocycles. The lowest BCUT2D eigenvalue weighted by molar-refractivity contribution is -0.355. The molecule has 0 saturated carbocycles. The first-order valence-electron chi connectivity index (χ1n) is 7.08. The summed E-state index contributed by atoms with van der Waals surface area (Å²) in [6.45, 7) is -1.35. The maximum Gasteiger partial charge on any atom is 0.187 e. The van der Waals surface area contributed by atoms with E-state index in [0.717, 1.165) is 0 Å². The first-order chi connectivity index (χ1) is 10.8. The SMILES string of the molecule is OC[C@@H]1O[C@@H](O)[C@H](O)[C@H](O)[C@@H]1O[C@@H]1O[C@H](CO)[C@@H](O)[C@H](O)[C@@H]1O. The predicted molar refractivity (Wildman–Crippen MR) is 68.6 cm³/mol. The number of aliphatic hydroxyl groups excluding tert-OH is 8. The smallest absolute Gasteiger partial charge is 0.187 e. The van der Waals surface area contributed by atoms with Crippen LogP contribution < -0.4 is 0 Å². The van der Waals surface area contributed by atoms with Gasteiger partial charge in [0, 0.05) is 0 Å². The predicted octanol–water partition coefficient (Wildman–Crippen LogP) is -5.40. The third-order valence-corrected chi connectivity index (χ3v) is 3.98. The maximum absolute atomic E-state index is 9.94. The van der Waals surface area contributed by atoms with Crippen molar-refractivity contribution >= 4 is 0 Å². The van der Waals surface area contributed by atoms with E-state index >= 15 is 0 Å². The average Bonchev–Trinajstić information content (AvgIpc) is 2.55. The van der Waals surface area contributed by atoms with E-state index in [9.17, 15) is 35.7 Å². The lowest BCUT2D eigenvalue weighted by atomic mass is 9.97. The summed E-state index contributed by atoms with van der Waals surface area (Å²) in [4.78, 5) is 0. The molecule has 2 rings (SSSR count). The number of rotatable bonds is 4. The van der Waals surface area contributed by atoms with E-state index in [4.69, 9.17) is 19.3 Å². The van der Waals surface area contributed by atoms with Gasteiger partial charge in [0.1, 0.15) is 48.8 Å². The Kier molecular flexibility index (Phi) is 6.27. The second kappa shape index (κ2) is 7.63. The molecule has 0 aromatic rings. The normalized spacial score (nSPS) is 51.7. The number of hydrogen-bond acceptors (Lipinski definition) is 11. The highest BCUT2D eigenvalue weighted by Crippen LogP contribution is 2.28. The van der Waals surface area contributed by atoms with Crippen molar-refractivity contribution < 1.29 is 55.1 Å². The van der Waals surface area contributed by atoms with E-state index in [-0.39, 0.29) is 0 Å². The van der Waals surface area contributed by atoms with Gasteiger partial charge < -0.3 is 55.1 Å². The Morgan fingerprint density at radius 3 is 1.83 bits per heavy atom. The van der Waals surface area contributed by atoms with Crippen LogP contribution in [0.1, 0.15) is 0 Å². The zero-order chi connectivity index (χ0) is 17.3. The second-order valence-corrected chi connectivity index (χ2v) is 5.53. The van der Waals surface area contributed by atoms with E-state index in [1.165, 1.54) is 0 Å². The Morgan fingerprint density at radius 1 is 0.652 bits per heavy atom. The lowest BCUT2D eigenvalue weighted by Crippen LogP contribution is -2.64. The van der Waals surface area contributed by atoms with Gasteiger partial charge in [0.2, 0.25) is 0 Å². The molecule has 2 fully saturated rings. The van der Waals surface area contributed by atoms with Crippen molar-refractivity contribution in [2.24, 2.45) is 0 Å². The number of aliphatic hydroxyl groups is 8. The van der Waals surface area contributed by atoms with Gasteiger partial charge in [0.05, 0.1) is 13.2 Å². The first-order valence-corrected chi connectivity index (χ1v) is 7.08. The molecule has 0 amide bonds. The summed E-state index contributed by atoms with van der Waals surface area (Å²) in [5.74, 6) is 0. The second-order valence-electron chi connectivity index (χ2n) is 5.53. The third-order valence-electron chi connectivity index (χ3n) is 3.98. The van der Waals surface area contributed by atoms with Crippen molar-refractivity contribution in [1.29, 1.82) is 0 Å². The highest BCUT2D eigenvalue weighted by molar-refractivity contribution is 4.93. The van der Waals surface area contributed by atoms with Crippen molar-refractivity contribution in [3.63, 3.8) is 0 Å². The van der Waals surface area contributed by atoms with Crippen LogP contribution in [-0.4, -0.2) is 115 Å². The monoisotopic (exact) mass is 342 g/mol. The molecule has 23 heavy (non-hydrogen) atoms. The fourth-order valence-corrected chi connectivity index (χ4v) is 2.57. The molecule has 11 heteroatoms. The summed E-state index contributed by atoms with van der Waals surface area (Å²) in [5.41, 5.74) is 0. The van der Waals surface area contributed by atoms with Crippen LogP contribution in [0.4, 0.5) is 0 Å². The van der Waals surface area contributed by atoms with E-state index in [0.29, 0.717) is 0 Å². The molecule has 0 aromatic heterocycles. The summed E-state index contributed by atoms with van der Waals surface area (Å²) in [5, 5.41) is 76.5. The Hall–Kier alpha value is -0.440. The van der Waals surface area contributed by atoms with Gasteiger partial charge in [-0.15, -0.1) is 0 Å². The van der Waals surface area contributed by atoms with Crippen LogP contribution in [0, 0.1) is 0 Å². The van der Waals surface area contributed by atoms with Crippen molar-refractivity contribution in [3.05, 3.63) is 0 Å². The van der Waals surface area contributed by atoms with E-state index < -0.39 is 74.6 Å². The Morgan fingerprint density at radius 2 is 1.26 bits per heavy atom. The molecule has 0 bridgehead atoms. The van der Waals surface area contributed by atoms with Gasteiger partial charge in [-0.25, -0.2) is 0 Å². The van der Waals surface area contributed by atoms with Crippen molar-refractivity contribution in [3.8, 4) is 0 Å². The zero-order valence-corrected chi connectivity index (χ0v) is 12.0. The van der Waals surface area contributed by atoms with E-state index in [1.54, 1.807) is 0 Å². The molecular formula is C12H22O11. The molecule has 0 aliphatic carbocycles. The summed E-state index contributed by atoms with van der Waals surface area (Å²) in [6, 6.07) is 0. The highest BCUT2D eigenvalue weighted by atomic mass is 16.7. The zero-order valence-electron chi connectivity index (χ0n) is 12.0. The first kappa shape index (κ1) is 18.9. The van der Waals surface area contributed by atoms with Crippen LogP contribution in [0.2, 0.25) is 0 Å². The molecule has 2 aliphatic rings. The molecule has 0 spiro atoms. The van der Waals surface area contributed by atoms with Gasteiger partial charge in [-0.3, -0.25) is 0 Å². The van der Waals surface area contributed by atoms with Crippen LogP contribution in [-0.2, 0) is 14.2 Å². The van der Waals surface area contributed by atoms with E-state index in [2.05, 4.69) is 0 Å². The van der Waals surface area contributed by atoms with Gasteiger partial charge >= 0.3 is 0 Å². The van der Waals surface area contributed by atoms with Crippen LogP contribution >= 0.6 is 0 Å². The molecule has 2 heterocycles. The molecular weight excluding hydrogens is 320 g/mol. The molecule has 8 N–H and O–H groups in total. The summed E-state index contributed by atoms with van der Waals surface area (Å²) in [6.07, 6.45) is -15.6. The average molecular weight is 342 g/mol. The van der Waals surface area contributed by atoms with Crippen molar-refractivity contribution in [2.75, 3.05) is 13.2 Å². The topological polar surface area (TPSA) is 190 Å². The molecule has 136 valence electrons. The minimum atomic E-state index is -1.74. The summed E-state index contributed by atoms with van der Waals surface area (Å²) in [7, 11) is 0. The summed E-state index contributed by atoms with van der Waals surface area (Å²) < 4.78 is 15.3. The van der Waals surface area contributed by atoms with Crippen LogP contribution in [0.25, 0.3) is 0 Å². The highest BCUT2D eigenvalue weighted by Gasteiger charge is 2.50. The van der Waals surface area contributed by atoms with Gasteiger partial charge in [-0.05, 0) is 0 Å². The van der Waals surface area contributed by atoms with Crippen LogP contribution in [0.3, 0.4) is 0 Å². The molecule has 2 saturated heterocycles. The Balaban J connectivity index is 2.11. The minimum Gasteiger partial charge on any atom is -0.394 e. The third kappa shape index (κ3) is 3.65. The quantitative estimate of drug-likeness (QED) is 0.243. The van der Waals surface area contributed by atoms with Crippen LogP contribution in [0.15, 0.2) is 0 Å². The fraction of sp³-hybridized carbons (Fsp3) is 1.00. The molecule has 0 unspecified atom stereocenters. The van der Waals surface area contributed by atoms with Crippen LogP contribution in [0.5, 0.6) is 0 Å². The summed E-state index contributed by atoms with van der Waals surface area (Å²) >= 11 is 0. The van der Waals surface area contributed by atoms with Gasteiger partial charge in [-0.2, -0.15) is 0 Å². The fourth-order valence-electron chi connectivity index (χ4n) is 2.57. The van der Waals surface area contributed by atoms with Crippen molar-refractivity contribution in [1.82, 2.24) is 0 Å². The Labute approximate surface area is 130 Å².